The number of rotatable bonds is 5. The molecule has 1 unspecified atom stereocenters. The predicted molar refractivity (Wildman–Crippen MR) is 58.9 cm³/mol. The third kappa shape index (κ3) is 5.18. The lowest BCUT2D eigenvalue weighted by Gasteiger charge is -2.21. The van der Waals surface area contributed by atoms with Crippen LogP contribution in [0, 0.1) is 0 Å². The maximum absolute atomic E-state index is 11.3. The molecule has 0 bridgehead atoms. The third-order valence-corrected chi connectivity index (χ3v) is 2.73. The first-order valence-electron chi connectivity index (χ1n) is 4.90. The lowest BCUT2D eigenvalue weighted by molar-refractivity contribution is -0.174. The second-order valence-electron chi connectivity index (χ2n) is 2.99. The van der Waals surface area contributed by atoms with Crippen LogP contribution in [0.1, 0.15) is 6.42 Å². The van der Waals surface area contributed by atoms with Crippen molar-refractivity contribution in [2.75, 3.05) is 24.7 Å². The van der Waals surface area contributed by atoms with Crippen LogP contribution in [0.15, 0.2) is 12.7 Å². The van der Waals surface area contributed by atoms with Crippen molar-refractivity contribution >= 4 is 23.7 Å². The maximum atomic E-state index is 11.3. The quantitative estimate of drug-likeness (QED) is 0.526. The van der Waals surface area contributed by atoms with Gasteiger partial charge in [-0.3, -0.25) is 4.79 Å². The number of hydrogen-bond acceptors (Lipinski definition) is 6. The molecular weight excluding hydrogens is 232 g/mol. The summed E-state index contributed by atoms with van der Waals surface area (Å²) in [5.41, 5.74) is 0. The van der Waals surface area contributed by atoms with Crippen molar-refractivity contribution in [2.45, 2.75) is 12.7 Å². The summed E-state index contributed by atoms with van der Waals surface area (Å²) in [5.74, 6) is 0.602. The highest BCUT2D eigenvalue weighted by atomic mass is 32.2. The molecule has 0 spiro atoms. The van der Waals surface area contributed by atoms with Gasteiger partial charge in [0.05, 0.1) is 18.8 Å². The standard InChI is InChI=1S/C10H14O5S/c1-2-8(11)13-4-3-9(12)15-10-7-16-6-5-14-10/h2,10H,1,3-7H2. The van der Waals surface area contributed by atoms with Gasteiger partial charge in [-0.2, -0.15) is 11.8 Å². The van der Waals surface area contributed by atoms with E-state index in [1.807, 2.05) is 0 Å². The molecule has 1 aliphatic rings. The van der Waals surface area contributed by atoms with Gasteiger partial charge in [-0.25, -0.2) is 4.79 Å². The first kappa shape index (κ1) is 13.1. The molecule has 0 aromatic heterocycles. The second-order valence-corrected chi connectivity index (χ2v) is 4.14. The Labute approximate surface area is 98.1 Å². The molecule has 0 aliphatic carbocycles. The van der Waals surface area contributed by atoms with Crippen LogP contribution in [0.3, 0.4) is 0 Å². The van der Waals surface area contributed by atoms with E-state index in [0.717, 1.165) is 11.8 Å². The van der Waals surface area contributed by atoms with Crippen molar-refractivity contribution < 1.29 is 23.8 Å². The topological polar surface area (TPSA) is 61.8 Å². The average molecular weight is 246 g/mol. The van der Waals surface area contributed by atoms with E-state index < -0.39 is 18.2 Å². The molecule has 16 heavy (non-hydrogen) atoms. The zero-order valence-corrected chi connectivity index (χ0v) is 9.66. The summed E-state index contributed by atoms with van der Waals surface area (Å²) in [7, 11) is 0. The van der Waals surface area contributed by atoms with E-state index in [9.17, 15) is 9.59 Å². The summed E-state index contributed by atoms with van der Waals surface area (Å²) in [6.45, 7) is 3.83. The highest BCUT2D eigenvalue weighted by molar-refractivity contribution is 7.99. The van der Waals surface area contributed by atoms with Gasteiger partial charge in [0.15, 0.2) is 0 Å². The zero-order valence-electron chi connectivity index (χ0n) is 8.85. The highest BCUT2D eigenvalue weighted by Crippen LogP contribution is 2.13. The highest BCUT2D eigenvalue weighted by Gasteiger charge is 2.18. The maximum Gasteiger partial charge on any atom is 0.330 e. The van der Waals surface area contributed by atoms with E-state index in [4.69, 9.17) is 9.47 Å². The molecule has 0 aromatic rings. The van der Waals surface area contributed by atoms with Gasteiger partial charge < -0.3 is 14.2 Å². The molecule has 0 N–H and O–H groups in total. The SMILES string of the molecule is C=CC(=O)OCCC(=O)OC1CSCCO1. The number of thioether (sulfide) groups is 1. The van der Waals surface area contributed by atoms with E-state index in [1.165, 1.54) is 0 Å². The summed E-state index contributed by atoms with van der Waals surface area (Å²) < 4.78 is 14.9. The van der Waals surface area contributed by atoms with Crippen LogP contribution in [-0.4, -0.2) is 42.9 Å². The van der Waals surface area contributed by atoms with Crippen LogP contribution in [0.2, 0.25) is 0 Å². The van der Waals surface area contributed by atoms with Crippen molar-refractivity contribution in [3.63, 3.8) is 0 Å². The molecule has 0 saturated carbocycles. The summed E-state index contributed by atoms with van der Waals surface area (Å²) >= 11 is 1.68. The Bertz CT molecular complexity index is 260. The summed E-state index contributed by atoms with van der Waals surface area (Å²) in [4.78, 5) is 21.9. The van der Waals surface area contributed by atoms with Crippen molar-refractivity contribution in [2.24, 2.45) is 0 Å². The van der Waals surface area contributed by atoms with Crippen LogP contribution in [-0.2, 0) is 23.8 Å². The first-order valence-corrected chi connectivity index (χ1v) is 6.06. The number of esters is 2. The molecule has 0 aromatic carbocycles. The number of carbonyl (C=O) groups excluding carboxylic acids is 2. The van der Waals surface area contributed by atoms with Crippen molar-refractivity contribution in [1.29, 1.82) is 0 Å². The smallest absolute Gasteiger partial charge is 0.330 e. The molecule has 1 aliphatic heterocycles. The van der Waals surface area contributed by atoms with Crippen molar-refractivity contribution in [3.05, 3.63) is 12.7 Å². The summed E-state index contributed by atoms with van der Waals surface area (Å²) in [6, 6.07) is 0. The van der Waals surface area contributed by atoms with Gasteiger partial charge in [-0.05, 0) is 0 Å². The van der Waals surface area contributed by atoms with E-state index in [1.54, 1.807) is 11.8 Å². The fraction of sp³-hybridized carbons (Fsp3) is 0.600. The Kier molecular flexibility index (Phi) is 5.95. The van der Waals surface area contributed by atoms with Crippen molar-refractivity contribution in [1.82, 2.24) is 0 Å². The molecule has 90 valence electrons. The van der Waals surface area contributed by atoms with Crippen LogP contribution < -0.4 is 0 Å². The number of ether oxygens (including phenoxy) is 3. The van der Waals surface area contributed by atoms with E-state index >= 15 is 0 Å². The monoisotopic (exact) mass is 246 g/mol. The molecule has 1 rings (SSSR count). The van der Waals surface area contributed by atoms with Gasteiger partial charge in [-0.1, -0.05) is 6.58 Å². The molecule has 1 saturated heterocycles. The van der Waals surface area contributed by atoms with Crippen LogP contribution in [0.5, 0.6) is 0 Å². The normalized spacial score (nSPS) is 19.9. The lowest BCUT2D eigenvalue weighted by atomic mass is 10.4. The molecule has 0 radical (unpaired) electrons. The summed E-state index contributed by atoms with van der Waals surface area (Å²) in [6.07, 6.45) is 0.609. The van der Waals surface area contributed by atoms with Gasteiger partial charge in [0.2, 0.25) is 6.29 Å². The van der Waals surface area contributed by atoms with Gasteiger partial charge >= 0.3 is 11.9 Å². The molecule has 1 atom stereocenters. The Morgan fingerprint density at radius 1 is 1.56 bits per heavy atom. The average Bonchev–Trinajstić information content (AvgIpc) is 2.30. The second kappa shape index (κ2) is 7.29. The molecule has 0 amide bonds. The van der Waals surface area contributed by atoms with Gasteiger partial charge in [0, 0.05) is 11.8 Å². The van der Waals surface area contributed by atoms with Crippen LogP contribution in [0.4, 0.5) is 0 Å². The minimum absolute atomic E-state index is 0.00352. The predicted octanol–water partition coefficient (Wildman–Crippen LogP) is 0.738. The largest absolute Gasteiger partial charge is 0.462 e. The minimum Gasteiger partial charge on any atom is -0.462 e. The molecule has 1 fully saturated rings. The van der Waals surface area contributed by atoms with Gasteiger partial charge in [0.25, 0.3) is 0 Å². The lowest BCUT2D eigenvalue weighted by Crippen LogP contribution is -2.29. The van der Waals surface area contributed by atoms with Crippen molar-refractivity contribution in [3.8, 4) is 0 Å². The molecular formula is C10H14O5S. The Morgan fingerprint density at radius 3 is 3.00 bits per heavy atom. The number of carbonyl (C=O) groups is 2. The fourth-order valence-electron chi connectivity index (χ4n) is 1.03. The van der Waals surface area contributed by atoms with E-state index in [0.29, 0.717) is 12.4 Å². The molecule has 5 nitrogen and oxygen atoms in total. The first-order chi connectivity index (χ1) is 7.72. The number of hydrogen-bond donors (Lipinski definition) is 0. The molecule has 1 heterocycles. The Morgan fingerprint density at radius 2 is 2.38 bits per heavy atom. The minimum atomic E-state index is -0.544. The molecule has 6 heteroatoms. The zero-order chi connectivity index (χ0) is 11.8. The van der Waals surface area contributed by atoms with E-state index in [-0.39, 0.29) is 13.0 Å². The summed E-state index contributed by atoms with van der Waals surface area (Å²) in [5, 5.41) is 0. The van der Waals surface area contributed by atoms with E-state index in [2.05, 4.69) is 11.3 Å². The Balaban J connectivity index is 2.10. The van der Waals surface area contributed by atoms with Gasteiger partial charge in [-0.15, -0.1) is 0 Å². The Hall–Kier alpha value is -1.01. The third-order valence-electron chi connectivity index (χ3n) is 1.77. The van der Waals surface area contributed by atoms with Crippen LogP contribution in [0.25, 0.3) is 0 Å². The van der Waals surface area contributed by atoms with Crippen LogP contribution >= 0.6 is 11.8 Å². The van der Waals surface area contributed by atoms with Gasteiger partial charge in [0.1, 0.15) is 6.61 Å². The fourth-order valence-corrected chi connectivity index (χ4v) is 1.77.